The molecule has 2 aliphatic heterocycles. The first-order valence-corrected chi connectivity index (χ1v) is 12.8. The standard InChI is InChI=1S/C22H22N6O7S2.Na.H/c1-22(2,20(33)34)35-26-13(12-10-37-21(23)24-12)16(29)25-14-17(30)28-15(19(31)32)11(9-36-18(14)28)8-27-6-4-3-5-7-27;;/h3-7,10,14,18H,8-9H2,1-2H3,(H4-,23,24,25,29,31,32,33,34);;/q;+1;-1/t14-,18-;;/m1../s1. The fraction of sp³-hybridized carbons (Fsp3) is 0.318. The summed E-state index contributed by atoms with van der Waals surface area (Å²) in [5.41, 5.74) is 3.83. The Morgan fingerprint density at radius 3 is 2.63 bits per heavy atom. The predicted molar refractivity (Wildman–Crippen MR) is 131 cm³/mol. The van der Waals surface area contributed by atoms with Crippen molar-refractivity contribution in [3.8, 4) is 0 Å². The normalized spacial score (nSPS) is 19.2. The molecule has 0 bridgehead atoms. The number of carbonyl (C=O) groups is 4. The third-order valence-corrected chi connectivity index (χ3v) is 7.55. The fourth-order valence-corrected chi connectivity index (χ4v) is 5.45. The van der Waals surface area contributed by atoms with E-state index in [9.17, 15) is 29.4 Å². The second-order valence-corrected chi connectivity index (χ2v) is 10.6. The first-order valence-electron chi connectivity index (χ1n) is 10.8. The minimum Gasteiger partial charge on any atom is -1.00 e. The minimum absolute atomic E-state index is 0. The van der Waals surface area contributed by atoms with Crippen LogP contribution in [-0.2, 0) is 30.6 Å². The van der Waals surface area contributed by atoms with Gasteiger partial charge in [-0.25, -0.2) is 14.3 Å². The number of nitrogen functional groups attached to an aromatic ring is 1. The summed E-state index contributed by atoms with van der Waals surface area (Å²) in [6, 6.07) is 4.36. The molecule has 0 unspecified atom stereocenters. The number of anilines is 1. The molecular formula is C22H23N6NaO7S2. The number of carbonyl (C=O) groups excluding carboxylic acids is 3. The Kier molecular flexibility index (Phi) is 9.20. The van der Waals surface area contributed by atoms with Crippen LogP contribution in [0.5, 0.6) is 0 Å². The van der Waals surface area contributed by atoms with Crippen LogP contribution in [0.4, 0.5) is 5.13 Å². The molecule has 2 aromatic heterocycles. The van der Waals surface area contributed by atoms with E-state index in [0.29, 0.717) is 11.3 Å². The van der Waals surface area contributed by atoms with E-state index in [-0.39, 0.29) is 59.8 Å². The minimum atomic E-state index is -1.75. The molecule has 4 rings (SSSR count). The van der Waals surface area contributed by atoms with Crippen LogP contribution in [0, 0.1) is 0 Å². The molecule has 2 atom stereocenters. The summed E-state index contributed by atoms with van der Waals surface area (Å²) in [5.74, 6) is -4.01. The largest absolute Gasteiger partial charge is 1.00 e. The number of nitrogens with zero attached hydrogens (tertiary/aromatic N) is 4. The van der Waals surface area contributed by atoms with Gasteiger partial charge in [0.15, 0.2) is 29.8 Å². The van der Waals surface area contributed by atoms with Crippen LogP contribution < -0.4 is 50.3 Å². The van der Waals surface area contributed by atoms with Gasteiger partial charge in [-0.05, 0) is 13.8 Å². The smallest absolute Gasteiger partial charge is 1.00 e. The number of aromatic nitrogens is 2. The van der Waals surface area contributed by atoms with E-state index in [1.165, 1.54) is 31.0 Å². The maximum absolute atomic E-state index is 13.1. The van der Waals surface area contributed by atoms with E-state index in [1.54, 1.807) is 29.1 Å². The third kappa shape index (κ3) is 6.02. The molecule has 0 saturated carbocycles. The van der Waals surface area contributed by atoms with Crippen molar-refractivity contribution in [3.05, 3.63) is 52.9 Å². The number of pyridine rings is 1. The summed E-state index contributed by atoms with van der Waals surface area (Å²) >= 11 is 2.32. The van der Waals surface area contributed by atoms with Crippen LogP contribution in [0.2, 0.25) is 0 Å². The number of hydrogen-bond donors (Lipinski definition) is 3. The number of hydrogen-bond acceptors (Lipinski definition) is 11. The van der Waals surface area contributed by atoms with Gasteiger partial charge in [0.2, 0.25) is 5.60 Å². The Morgan fingerprint density at radius 1 is 1.37 bits per heavy atom. The number of carboxylic acids is 2. The zero-order valence-corrected chi connectivity index (χ0v) is 24.2. The van der Waals surface area contributed by atoms with Crippen molar-refractivity contribution >= 4 is 57.7 Å². The van der Waals surface area contributed by atoms with E-state index in [0.717, 1.165) is 16.2 Å². The van der Waals surface area contributed by atoms with Gasteiger partial charge in [-0.2, -0.15) is 0 Å². The van der Waals surface area contributed by atoms with Crippen LogP contribution in [0.1, 0.15) is 21.0 Å². The molecule has 0 spiro atoms. The molecule has 4 N–H and O–H groups in total. The Balaban J connectivity index is 0.00000267. The van der Waals surface area contributed by atoms with Crippen LogP contribution in [0.3, 0.4) is 0 Å². The van der Waals surface area contributed by atoms with Crippen LogP contribution >= 0.6 is 23.1 Å². The number of thiazole rings is 1. The summed E-state index contributed by atoms with van der Waals surface area (Å²) in [7, 11) is 0. The molecule has 16 heteroatoms. The fourth-order valence-electron chi connectivity index (χ4n) is 3.56. The van der Waals surface area contributed by atoms with Gasteiger partial charge in [0, 0.05) is 28.8 Å². The van der Waals surface area contributed by atoms with Gasteiger partial charge in [0.25, 0.3) is 11.8 Å². The summed E-state index contributed by atoms with van der Waals surface area (Å²) in [4.78, 5) is 59.6. The molecule has 38 heavy (non-hydrogen) atoms. The number of carboxylic acid groups (broad SMARTS) is 2. The zero-order chi connectivity index (χ0) is 26.9. The first-order chi connectivity index (χ1) is 17.5. The Bertz CT molecular complexity index is 1340. The van der Waals surface area contributed by atoms with Gasteiger partial charge in [-0.1, -0.05) is 11.2 Å². The summed E-state index contributed by atoms with van der Waals surface area (Å²) in [5, 5.41) is 28.4. The number of nitrogens with one attached hydrogen (secondary N) is 1. The van der Waals surface area contributed by atoms with Crippen molar-refractivity contribution in [2.45, 2.75) is 37.4 Å². The third-order valence-electron chi connectivity index (χ3n) is 5.54. The van der Waals surface area contributed by atoms with Crippen molar-refractivity contribution < 1.29 is 69.8 Å². The molecule has 0 radical (unpaired) electrons. The number of amides is 2. The predicted octanol–water partition coefficient (Wildman–Crippen LogP) is -4.18. The molecule has 13 nitrogen and oxygen atoms in total. The summed E-state index contributed by atoms with van der Waals surface area (Å²) < 4.78 is 1.78. The number of aliphatic carboxylic acids is 2. The molecule has 196 valence electrons. The van der Waals surface area contributed by atoms with Gasteiger partial charge in [0.05, 0.1) is 11.7 Å². The average molecular weight is 571 g/mol. The maximum atomic E-state index is 13.1. The number of fused-ring (bicyclic) bond motifs is 1. The molecular weight excluding hydrogens is 547 g/mol. The second kappa shape index (κ2) is 11.8. The molecule has 0 aliphatic carbocycles. The van der Waals surface area contributed by atoms with Crippen molar-refractivity contribution in [3.63, 3.8) is 0 Å². The Labute approximate surface area is 248 Å². The SMILES string of the molecule is CC(C)(ON=C(C(=O)N[C@@H]1C(=O)N2C(C(=O)[O-])=C(C[n+]3ccccc3)CS[C@H]12)c1csc(N)n1)C(=O)O.[H-].[Na+]. The Morgan fingerprint density at radius 2 is 2.05 bits per heavy atom. The summed E-state index contributed by atoms with van der Waals surface area (Å²) in [6.07, 6.45) is 3.55. The van der Waals surface area contributed by atoms with Crippen LogP contribution in [-0.4, -0.2) is 67.2 Å². The van der Waals surface area contributed by atoms with Crippen LogP contribution in [0.15, 0.2) is 52.4 Å². The van der Waals surface area contributed by atoms with Gasteiger partial charge in [-0.15, -0.1) is 23.1 Å². The number of nitrogens with two attached hydrogens (primary N) is 1. The van der Waals surface area contributed by atoms with E-state index in [2.05, 4.69) is 15.5 Å². The van der Waals surface area contributed by atoms with E-state index >= 15 is 0 Å². The molecule has 2 aromatic rings. The topological polar surface area (TPSA) is 191 Å². The van der Waals surface area contributed by atoms with Crippen molar-refractivity contribution in [1.29, 1.82) is 0 Å². The number of oxime groups is 1. The summed E-state index contributed by atoms with van der Waals surface area (Å²) in [6.45, 7) is 2.74. The second-order valence-electron chi connectivity index (χ2n) is 8.57. The van der Waals surface area contributed by atoms with Crippen LogP contribution in [0.25, 0.3) is 0 Å². The number of thioether (sulfide) groups is 1. The molecule has 4 heterocycles. The van der Waals surface area contributed by atoms with E-state index in [1.807, 2.05) is 6.07 Å². The number of β-lactam (4-membered cyclic amide) rings is 1. The van der Waals surface area contributed by atoms with Crippen molar-refractivity contribution in [2.75, 3.05) is 11.5 Å². The van der Waals surface area contributed by atoms with E-state index < -0.39 is 40.8 Å². The van der Waals surface area contributed by atoms with Gasteiger partial charge in [0.1, 0.15) is 17.1 Å². The van der Waals surface area contributed by atoms with Gasteiger partial charge >= 0.3 is 35.5 Å². The van der Waals surface area contributed by atoms with E-state index in [4.69, 9.17) is 10.6 Å². The number of rotatable bonds is 9. The zero-order valence-electron chi connectivity index (χ0n) is 21.6. The van der Waals surface area contributed by atoms with Crippen molar-refractivity contribution in [2.24, 2.45) is 5.16 Å². The Hall–Kier alpha value is -2.98. The molecule has 2 aliphatic rings. The van der Waals surface area contributed by atoms with Gasteiger partial charge in [-0.3, -0.25) is 14.5 Å². The molecule has 1 saturated heterocycles. The average Bonchev–Trinajstić information content (AvgIpc) is 3.28. The van der Waals surface area contributed by atoms with Crippen molar-refractivity contribution in [1.82, 2.24) is 15.2 Å². The quantitative estimate of drug-likeness (QED) is 0.0876. The first kappa shape index (κ1) is 29.6. The molecule has 0 aromatic carbocycles. The monoisotopic (exact) mass is 570 g/mol. The van der Waals surface area contributed by atoms with Gasteiger partial charge < -0.3 is 32.3 Å². The molecule has 2 amide bonds. The molecule has 1 fully saturated rings. The maximum Gasteiger partial charge on any atom is 1.00 e.